The van der Waals surface area contributed by atoms with Gasteiger partial charge in [-0.1, -0.05) is 31.4 Å². The van der Waals surface area contributed by atoms with Gasteiger partial charge < -0.3 is 14.5 Å². The van der Waals surface area contributed by atoms with Gasteiger partial charge in [0.05, 0.1) is 7.11 Å². The lowest BCUT2D eigenvalue weighted by molar-refractivity contribution is 0.373. The van der Waals surface area contributed by atoms with Crippen molar-refractivity contribution in [2.45, 2.75) is 44.7 Å². The molecule has 1 N–H and O–H groups in total. The molecule has 0 saturated heterocycles. The first-order valence-corrected chi connectivity index (χ1v) is 8.56. The Morgan fingerprint density at radius 3 is 2.78 bits per heavy atom. The third-order valence-electron chi connectivity index (χ3n) is 4.98. The quantitative estimate of drug-likeness (QED) is 0.735. The van der Waals surface area contributed by atoms with Gasteiger partial charge in [0, 0.05) is 29.4 Å². The molecule has 1 saturated carbocycles. The highest BCUT2D eigenvalue weighted by Crippen LogP contribution is 2.33. The molecule has 1 fully saturated rings. The minimum Gasteiger partial charge on any atom is -0.497 e. The molecule has 3 nitrogen and oxygen atoms in total. The van der Waals surface area contributed by atoms with Crippen LogP contribution >= 0.6 is 0 Å². The first kappa shape index (κ1) is 14.6. The fourth-order valence-electron chi connectivity index (χ4n) is 3.71. The molecule has 2 aromatic carbocycles. The second-order valence-electron chi connectivity index (χ2n) is 6.47. The van der Waals surface area contributed by atoms with Crippen LogP contribution in [-0.2, 0) is 6.54 Å². The number of ether oxygens (including phenoxy) is 1. The monoisotopic (exact) mass is 309 g/mol. The van der Waals surface area contributed by atoms with Crippen molar-refractivity contribution in [2.75, 3.05) is 7.11 Å². The van der Waals surface area contributed by atoms with E-state index in [2.05, 4.69) is 23.5 Å². The molecule has 3 heteroatoms. The van der Waals surface area contributed by atoms with Crippen molar-refractivity contribution in [1.82, 2.24) is 5.32 Å². The maximum atomic E-state index is 6.02. The summed E-state index contributed by atoms with van der Waals surface area (Å²) < 4.78 is 11.3. The zero-order chi connectivity index (χ0) is 15.6. The SMILES string of the molecule is COc1ccc2c(c1)oc1cccc(CNC3CCCCC3)c12. The molecule has 0 radical (unpaired) electrons. The van der Waals surface area contributed by atoms with Crippen molar-refractivity contribution in [1.29, 1.82) is 0 Å². The molecule has 4 rings (SSSR count). The first-order valence-electron chi connectivity index (χ1n) is 8.56. The highest BCUT2D eigenvalue weighted by atomic mass is 16.5. The molecule has 0 aliphatic heterocycles. The van der Waals surface area contributed by atoms with Gasteiger partial charge in [-0.3, -0.25) is 0 Å². The van der Waals surface area contributed by atoms with Gasteiger partial charge in [-0.2, -0.15) is 0 Å². The van der Waals surface area contributed by atoms with E-state index in [-0.39, 0.29) is 0 Å². The summed E-state index contributed by atoms with van der Waals surface area (Å²) in [6, 6.07) is 13.1. The maximum Gasteiger partial charge on any atom is 0.139 e. The summed E-state index contributed by atoms with van der Waals surface area (Å²) in [7, 11) is 1.68. The Hall–Kier alpha value is -2.00. The molecule has 23 heavy (non-hydrogen) atoms. The predicted molar refractivity (Wildman–Crippen MR) is 94.0 cm³/mol. The van der Waals surface area contributed by atoms with Crippen LogP contribution in [0, 0.1) is 0 Å². The van der Waals surface area contributed by atoms with Gasteiger partial charge in [-0.25, -0.2) is 0 Å². The average Bonchev–Trinajstić information content (AvgIpc) is 2.98. The van der Waals surface area contributed by atoms with Crippen LogP contribution in [0.15, 0.2) is 40.8 Å². The zero-order valence-corrected chi connectivity index (χ0v) is 13.6. The van der Waals surface area contributed by atoms with Crippen LogP contribution in [-0.4, -0.2) is 13.2 Å². The van der Waals surface area contributed by atoms with E-state index in [1.165, 1.54) is 48.4 Å². The van der Waals surface area contributed by atoms with Crippen LogP contribution < -0.4 is 10.1 Å². The lowest BCUT2D eigenvalue weighted by Crippen LogP contribution is -2.30. The topological polar surface area (TPSA) is 34.4 Å². The van der Waals surface area contributed by atoms with Crippen molar-refractivity contribution in [2.24, 2.45) is 0 Å². The molecule has 120 valence electrons. The normalized spacial score (nSPS) is 16.2. The van der Waals surface area contributed by atoms with E-state index >= 15 is 0 Å². The number of fused-ring (bicyclic) bond motifs is 3. The Morgan fingerprint density at radius 1 is 1.09 bits per heavy atom. The van der Waals surface area contributed by atoms with Gasteiger partial charge >= 0.3 is 0 Å². The van der Waals surface area contributed by atoms with Crippen molar-refractivity contribution in [3.05, 3.63) is 42.0 Å². The Bertz CT molecular complexity index is 815. The van der Waals surface area contributed by atoms with E-state index in [1.54, 1.807) is 7.11 Å². The molecule has 0 unspecified atom stereocenters. The van der Waals surface area contributed by atoms with Gasteiger partial charge in [-0.15, -0.1) is 0 Å². The smallest absolute Gasteiger partial charge is 0.139 e. The summed E-state index contributed by atoms with van der Waals surface area (Å²) in [6.07, 6.45) is 6.72. The second kappa shape index (κ2) is 6.25. The molecular formula is C20H23NO2. The first-order chi connectivity index (χ1) is 11.3. The number of methoxy groups -OCH3 is 1. The lowest BCUT2D eigenvalue weighted by atomic mass is 9.95. The van der Waals surface area contributed by atoms with Gasteiger partial charge in [0.25, 0.3) is 0 Å². The molecule has 0 spiro atoms. The minimum absolute atomic E-state index is 0.664. The summed E-state index contributed by atoms with van der Waals surface area (Å²) in [4.78, 5) is 0. The highest BCUT2D eigenvalue weighted by molar-refractivity contribution is 6.07. The van der Waals surface area contributed by atoms with Crippen LogP contribution in [0.3, 0.4) is 0 Å². The van der Waals surface area contributed by atoms with E-state index in [1.807, 2.05) is 18.2 Å². The third-order valence-corrected chi connectivity index (χ3v) is 4.98. The summed E-state index contributed by atoms with van der Waals surface area (Å²) in [5, 5.41) is 6.14. The Kier molecular flexibility index (Phi) is 3.96. The number of nitrogens with one attached hydrogen (secondary N) is 1. The molecule has 0 amide bonds. The van der Waals surface area contributed by atoms with Crippen molar-refractivity contribution in [3.63, 3.8) is 0 Å². The van der Waals surface area contributed by atoms with E-state index in [4.69, 9.17) is 9.15 Å². The molecule has 1 heterocycles. The number of rotatable bonds is 4. The highest BCUT2D eigenvalue weighted by Gasteiger charge is 2.15. The summed E-state index contributed by atoms with van der Waals surface area (Å²) in [5.41, 5.74) is 3.16. The van der Waals surface area contributed by atoms with Crippen LogP contribution in [0.5, 0.6) is 5.75 Å². The van der Waals surface area contributed by atoms with Crippen molar-refractivity contribution in [3.8, 4) is 5.75 Å². The fraction of sp³-hybridized carbons (Fsp3) is 0.400. The van der Waals surface area contributed by atoms with Gasteiger partial charge in [0.1, 0.15) is 16.9 Å². The van der Waals surface area contributed by atoms with Crippen LogP contribution in [0.25, 0.3) is 21.9 Å². The minimum atomic E-state index is 0.664. The molecule has 3 aromatic rings. The molecule has 0 atom stereocenters. The van der Waals surface area contributed by atoms with Crippen molar-refractivity contribution >= 4 is 21.9 Å². The molecule has 1 aromatic heterocycles. The molecule has 1 aliphatic carbocycles. The number of benzene rings is 2. The Balaban J connectivity index is 1.68. The van der Waals surface area contributed by atoms with E-state index in [9.17, 15) is 0 Å². The zero-order valence-electron chi connectivity index (χ0n) is 13.6. The van der Waals surface area contributed by atoms with Gasteiger partial charge in [-0.05, 0) is 36.6 Å². The van der Waals surface area contributed by atoms with Crippen molar-refractivity contribution < 1.29 is 9.15 Å². The molecular weight excluding hydrogens is 286 g/mol. The standard InChI is InChI=1S/C20H23NO2/c1-22-16-10-11-17-19(12-16)23-18-9-5-6-14(20(17)18)13-21-15-7-3-2-4-8-15/h5-6,9-12,15,21H,2-4,7-8,13H2,1H3. The largest absolute Gasteiger partial charge is 0.497 e. The maximum absolute atomic E-state index is 6.02. The van der Waals surface area contributed by atoms with Gasteiger partial charge in [0.2, 0.25) is 0 Å². The molecule has 0 bridgehead atoms. The Labute approximate surface area is 136 Å². The number of hydrogen-bond acceptors (Lipinski definition) is 3. The van der Waals surface area contributed by atoms with E-state index in [0.29, 0.717) is 6.04 Å². The lowest BCUT2D eigenvalue weighted by Gasteiger charge is -2.23. The molecule has 1 aliphatic rings. The second-order valence-corrected chi connectivity index (χ2v) is 6.47. The summed E-state index contributed by atoms with van der Waals surface area (Å²) >= 11 is 0. The average molecular weight is 309 g/mol. The fourth-order valence-corrected chi connectivity index (χ4v) is 3.71. The van der Waals surface area contributed by atoms with E-state index < -0.39 is 0 Å². The van der Waals surface area contributed by atoms with Gasteiger partial charge in [0.15, 0.2) is 0 Å². The summed E-state index contributed by atoms with van der Waals surface area (Å²) in [6.45, 7) is 0.905. The van der Waals surface area contributed by atoms with Crippen LogP contribution in [0.1, 0.15) is 37.7 Å². The Morgan fingerprint density at radius 2 is 1.96 bits per heavy atom. The van der Waals surface area contributed by atoms with Crippen LogP contribution in [0.2, 0.25) is 0 Å². The number of hydrogen-bond donors (Lipinski definition) is 1. The van der Waals surface area contributed by atoms with Crippen LogP contribution in [0.4, 0.5) is 0 Å². The predicted octanol–water partition coefficient (Wildman–Crippen LogP) is 5.02. The van der Waals surface area contributed by atoms with E-state index in [0.717, 1.165) is 23.5 Å². The number of furan rings is 1. The summed E-state index contributed by atoms with van der Waals surface area (Å²) in [5.74, 6) is 0.832. The third kappa shape index (κ3) is 2.81.